The first-order chi connectivity index (χ1) is 9.08. The third-order valence-electron chi connectivity index (χ3n) is 3.28. The van der Waals surface area contributed by atoms with Crippen LogP contribution in [0.4, 0.5) is 5.69 Å². The Kier molecular flexibility index (Phi) is 4.11. The zero-order valence-corrected chi connectivity index (χ0v) is 10.4. The van der Waals surface area contributed by atoms with Crippen LogP contribution >= 0.6 is 0 Å². The second kappa shape index (κ2) is 5.79. The lowest BCUT2D eigenvalue weighted by Gasteiger charge is -2.13. The zero-order valence-electron chi connectivity index (χ0n) is 10.4. The Morgan fingerprint density at radius 2 is 2.05 bits per heavy atom. The topological polar surface area (TPSA) is 92.5 Å². The number of nitro benzene ring substituents is 1. The van der Waals surface area contributed by atoms with Crippen molar-refractivity contribution >= 4 is 11.7 Å². The fourth-order valence-electron chi connectivity index (χ4n) is 2.04. The highest BCUT2D eigenvalue weighted by Crippen LogP contribution is 2.32. The molecule has 1 atom stereocenters. The van der Waals surface area contributed by atoms with Crippen LogP contribution in [0.2, 0.25) is 0 Å². The molecule has 102 valence electrons. The molecule has 1 unspecified atom stereocenters. The molecule has 0 bridgehead atoms. The van der Waals surface area contributed by atoms with E-state index in [1.165, 1.54) is 12.1 Å². The van der Waals surface area contributed by atoms with Gasteiger partial charge < -0.3 is 10.4 Å². The normalized spacial score (nSPS) is 16.0. The van der Waals surface area contributed by atoms with E-state index in [4.69, 9.17) is 5.11 Å². The van der Waals surface area contributed by atoms with E-state index >= 15 is 0 Å². The van der Waals surface area contributed by atoms with Crippen molar-refractivity contribution < 1.29 is 14.8 Å². The van der Waals surface area contributed by atoms with E-state index in [2.05, 4.69) is 5.32 Å². The number of carbonyl (C=O) groups is 1. The average molecular weight is 264 g/mol. The number of nitrogens with zero attached hydrogens (tertiary/aromatic N) is 1. The van der Waals surface area contributed by atoms with Crippen LogP contribution in [0.1, 0.15) is 18.4 Å². The number of carboxylic acid groups (broad SMARTS) is 1. The van der Waals surface area contributed by atoms with Gasteiger partial charge in [0.15, 0.2) is 0 Å². The van der Waals surface area contributed by atoms with Crippen molar-refractivity contribution in [3.05, 3.63) is 39.9 Å². The van der Waals surface area contributed by atoms with Crippen molar-refractivity contribution in [2.75, 3.05) is 6.54 Å². The summed E-state index contributed by atoms with van der Waals surface area (Å²) in [6, 6.07) is 5.87. The molecular weight excluding hydrogens is 248 g/mol. The van der Waals surface area contributed by atoms with Gasteiger partial charge >= 0.3 is 5.97 Å². The molecule has 19 heavy (non-hydrogen) atoms. The average Bonchev–Trinajstić information content (AvgIpc) is 3.19. The third kappa shape index (κ3) is 3.75. The fourth-order valence-corrected chi connectivity index (χ4v) is 2.04. The molecule has 6 heteroatoms. The Balaban J connectivity index is 1.81. The zero-order chi connectivity index (χ0) is 13.8. The van der Waals surface area contributed by atoms with Gasteiger partial charge in [-0.05, 0) is 37.3 Å². The molecule has 2 rings (SSSR count). The maximum absolute atomic E-state index is 11.0. The minimum atomic E-state index is -0.800. The number of non-ortho nitro benzene ring substituents is 1. The minimum absolute atomic E-state index is 0.0677. The van der Waals surface area contributed by atoms with Gasteiger partial charge in [-0.15, -0.1) is 0 Å². The van der Waals surface area contributed by atoms with Crippen molar-refractivity contribution in [3.63, 3.8) is 0 Å². The predicted molar refractivity (Wildman–Crippen MR) is 69.0 cm³/mol. The van der Waals surface area contributed by atoms with Crippen molar-refractivity contribution in [3.8, 4) is 0 Å². The summed E-state index contributed by atoms with van der Waals surface area (Å²) >= 11 is 0. The maximum atomic E-state index is 11.0. The lowest BCUT2D eigenvalue weighted by molar-refractivity contribution is -0.384. The smallest absolute Gasteiger partial charge is 0.320 e. The number of nitrogens with one attached hydrogen (secondary N) is 1. The highest BCUT2D eigenvalue weighted by Gasteiger charge is 2.35. The Morgan fingerprint density at radius 1 is 1.42 bits per heavy atom. The highest BCUT2D eigenvalue weighted by atomic mass is 16.6. The van der Waals surface area contributed by atoms with Crippen LogP contribution in [0, 0.1) is 16.0 Å². The molecule has 0 aliphatic heterocycles. The summed E-state index contributed by atoms with van der Waals surface area (Å²) in [7, 11) is 0. The molecule has 0 aromatic heterocycles. The van der Waals surface area contributed by atoms with Crippen molar-refractivity contribution in [2.24, 2.45) is 5.92 Å². The Hall–Kier alpha value is -1.95. The Bertz CT molecular complexity index is 468. The van der Waals surface area contributed by atoms with Gasteiger partial charge in [-0.3, -0.25) is 14.9 Å². The standard InChI is InChI=1S/C13H16N2O4/c16-13(17)12(10-3-4-10)14-8-7-9-1-5-11(6-2-9)15(18)19/h1-2,5-6,10,12,14H,3-4,7-8H2,(H,16,17). The second-order valence-electron chi connectivity index (χ2n) is 4.78. The summed E-state index contributed by atoms with van der Waals surface area (Å²) in [5, 5.41) is 22.6. The van der Waals surface area contributed by atoms with Crippen molar-refractivity contribution in [1.82, 2.24) is 5.32 Å². The van der Waals surface area contributed by atoms with Gasteiger partial charge in [0.1, 0.15) is 6.04 Å². The molecule has 1 aromatic carbocycles. The summed E-state index contributed by atoms with van der Waals surface area (Å²) in [6.07, 6.45) is 2.61. The van der Waals surface area contributed by atoms with Gasteiger partial charge in [0.05, 0.1) is 4.92 Å². The molecule has 1 aliphatic carbocycles. The largest absolute Gasteiger partial charge is 0.480 e. The number of benzene rings is 1. The molecule has 1 fully saturated rings. The van der Waals surface area contributed by atoms with Crippen molar-refractivity contribution in [1.29, 1.82) is 0 Å². The quantitative estimate of drug-likeness (QED) is 0.576. The summed E-state index contributed by atoms with van der Waals surface area (Å²) in [5.41, 5.74) is 1.02. The van der Waals surface area contributed by atoms with Crippen LogP contribution in [0.15, 0.2) is 24.3 Å². The summed E-state index contributed by atoms with van der Waals surface area (Å²) in [5.74, 6) is -0.541. The molecule has 1 saturated carbocycles. The lowest BCUT2D eigenvalue weighted by atomic mass is 10.1. The van der Waals surface area contributed by atoms with Gasteiger partial charge in [-0.25, -0.2) is 0 Å². The van der Waals surface area contributed by atoms with E-state index in [9.17, 15) is 14.9 Å². The van der Waals surface area contributed by atoms with Gasteiger partial charge in [0.2, 0.25) is 0 Å². The third-order valence-corrected chi connectivity index (χ3v) is 3.28. The second-order valence-corrected chi connectivity index (χ2v) is 4.78. The Morgan fingerprint density at radius 3 is 2.53 bits per heavy atom. The molecule has 2 N–H and O–H groups in total. The van der Waals surface area contributed by atoms with E-state index < -0.39 is 16.9 Å². The monoisotopic (exact) mass is 264 g/mol. The Labute approximate surface area is 110 Å². The molecule has 0 amide bonds. The molecule has 0 spiro atoms. The molecule has 1 aliphatic rings. The van der Waals surface area contributed by atoms with Gasteiger partial charge in [0.25, 0.3) is 5.69 Å². The van der Waals surface area contributed by atoms with Gasteiger partial charge in [-0.1, -0.05) is 12.1 Å². The fraction of sp³-hybridized carbons (Fsp3) is 0.462. The predicted octanol–water partition coefficient (Wildman–Crippen LogP) is 1.59. The van der Waals surface area contributed by atoms with Crippen LogP contribution in [0.5, 0.6) is 0 Å². The van der Waals surface area contributed by atoms with Crippen molar-refractivity contribution in [2.45, 2.75) is 25.3 Å². The number of rotatable bonds is 7. The first-order valence-electron chi connectivity index (χ1n) is 6.27. The van der Waals surface area contributed by atoms with Crippen LogP contribution in [0.25, 0.3) is 0 Å². The minimum Gasteiger partial charge on any atom is -0.480 e. The van der Waals surface area contributed by atoms with Crippen LogP contribution in [-0.2, 0) is 11.2 Å². The SMILES string of the molecule is O=C(O)C(NCCc1ccc([N+](=O)[O-])cc1)C1CC1. The molecule has 0 radical (unpaired) electrons. The van der Waals surface area contributed by atoms with Crippen LogP contribution in [-0.4, -0.2) is 28.6 Å². The highest BCUT2D eigenvalue weighted by molar-refractivity contribution is 5.74. The van der Waals surface area contributed by atoms with E-state index in [1.807, 2.05) is 0 Å². The number of hydrogen-bond acceptors (Lipinski definition) is 4. The number of nitro groups is 1. The molecule has 0 heterocycles. The van der Waals surface area contributed by atoms with Crippen LogP contribution < -0.4 is 5.32 Å². The summed E-state index contributed by atoms with van der Waals surface area (Å²) in [4.78, 5) is 21.1. The van der Waals surface area contributed by atoms with E-state index in [-0.39, 0.29) is 11.6 Å². The van der Waals surface area contributed by atoms with Gasteiger partial charge in [-0.2, -0.15) is 0 Å². The maximum Gasteiger partial charge on any atom is 0.320 e. The van der Waals surface area contributed by atoms with Crippen LogP contribution in [0.3, 0.4) is 0 Å². The molecule has 1 aromatic rings. The number of hydrogen-bond donors (Lipinski definition) is 2. The molecular formula is C13H16N2O4. The van der Waals surface area contributed by atoms with E-state index in [0.717, 1.165) is 18.4 Å². The lowest BCUT2D eigenvalue weighted by Crippen LogP contribution is -2.39. The first kappa shape index (κ1) is 13.5. The summed E-state index contributed by atoms with van der Waals surface area (Å²) in [6.45, 7) is 0.561. The number of aliphatic carboxylic acids is 1. The number of carboxylic acids is 1. The van der Waals surface area contributed by atoms with E-state index in [0.29, 0.717) is 13.0 Å². The molecule has 0 saturated heterocycles. The first-order valence-corrected chi connectivity index (χ1v) is 6.27. The molecule has 6 nitrogen and oxygen atoms in total. The van der Waals surface area contributed by atoms with Gasteiger partial charge in [0, 0.05) is 12.1 Å². The van der Waals surface area contributed by atoms with E-state index in [1.54, 1.807) is 12.1 Å². The summed E-state index contributed by atoms with van der Waals surface area (Å²) < 4.78 is 0.